The van der Waals surface area contributed by atoms with Gasteiger partial charge in [0.2, 0.25) is 5.91 Å². The average molecular weight is 370 g/mol. The second kappa shape index (κ2) is 7.44. The van der Waals surface area contributed by atoms with Gasteiger partial charge < -0.3 is 19.7 Å². The van der Waals surface area contributed by atoms with Crippen molar-refractivity contribution in [3.63, 3.8) is 0 Å². The van der Waals surface area contributed by atoms with E-state index >= 15 is 0 Å². The largest absolute Gasteiger partial charge is 0.394 e. The highest BCUT2D eigenvalue weighted by Crippen LogP contribution is 2.35. The van der Waals surface area contributed by atoms with Crippen molar-refractivity contribution in [2.24, 2.45) is 11.8 Å². The fourth-order valence-corrected chi connectivity index (χ4v) is 4.07. The normalized spacial score (nSPS) is 19.4. The van der Waals surface area contributed by atoms with E-state index in [0.29, 0.717) is 25.9 Å². The summed E-state index contributed by atoms with van der Waals surface area (Å²) in [6.45, 7) is 1.17. The molecule has 0 bridgehead atoms. The lowest BCUT2D eigenvalue weighted by atomic mass is 9.91. The molecule has 2 aromatic rings. The Labute approximate surface area is 158 Å². The van der Waals surface area contributed by atoms with Gasteiger partial charge in [-0.1, -0.05) is 18.2 Å². The number of aliphatic hydroxyl groups excluding tert-OH is 2. The van der Waals surface area contributed by atoms with E-state index in [9.17, 15) is 14.7 Å². The highest BCUT2D eigenvalue weighted by molar-refractivity contribution is 6.10. The molecule has 27 heavy (non-hydrogen) atoms. The minimum atomic E-state index is -0.702. The molecule has 2 aliphatic rings. The number of carbonyl (C=O) groups is 2. The van der Waals surface area contributed by atoms with E-state index in [1.165, 1.54) is 0 Å². The lowest BCUT2D eigenvalue weighted by Gasteiger charge is -2.33. The molecule has 2 heterocycles. The fourth-order valence-electron chi connectivity index (χ4n) is 4.07. The summed E-state index contributed by atoms with van der Waals surface area (Å²) in [4.78, 5) is 27.2. The van der Waals surface area contributed by atoms with E-state index in [1.54, 1.807) is 0 Å². The summed E-state index contributed by atoms with van der Waals surface area (Å²) in [7, 11) is 0. The maximum Gasteiger partial charge on any atom is 0.242 e. The number of para-hydroxylation sites is 1. The van der Waals surface area contributed by atoms with Crippen LogP contribution in [0, 0.1) is 11.8 Å². The number of rotatable bonds is 6. The number of hydrogen-bond donors (Lipinski definition) is 2. The zero-order valence-corrected chi connectivity index (χ0v) is 15.4. The molecule has 2 fully saturated rings. The Kier molecular flexibility index (Phi) is 5.02. The van der Waals surface area contributed by atoms with Crippen LogP contribution < -0.4 is 0 Å². The van der Waals surface area contributed by atoms with Gasteiger partial charge in [-0.05, 0) is 37.7 Å². The number of benzene rings is 1. The minimum absolute atomic E-state index is 0.0260. The predicted molar refractivity (Wildman–Crippen MR) is 101 cm³/mol. The Hall–Kier alpha value is -2.18. The molecule has 1 saturated heterocycles. The summed E-state index contributed by atoms with van der Waals surface area (Å²) in [6, 6.07) is 7.76. The van der Waals surface area contributed by atoms with Crippen molar-refractivity contribution >= 4 is 22.6 Å². The smallest absolute Gasteiger partial charge is 0.242 e. The van der Waals surface area contributed by atoms with Crippen molar-refractivity contribution < 1.29 is 19.8 Å². The van der Waals surface area contributed by atoms with E-state index in [-0.39, 0.29) is 36.7 Å². The van der Waals surface area contributed by atoms with Gasteiger partial charge in [-0.25, -0.2) is 0 Å². The lowest BCUT2D eigenvalue weighted by Crippen LogP contribution is -2.43. The van der Waals surface area contributed by atoms with Crippen molar-refractivity contribution in [3.05, 3.63) is 36.0 Å². The highest BCUT2D eigenvalue weighted by Gasteiger charge is 2.32. The number of Topliss-reactive ketones (excluding diaryl/α,β-unsaturated/α-hetero) is 1. The number of carbonyl (C=O) groups excluding carboxylic acids is 2. The van der Waals surface area contributed by atoms with Gasteiger partial charge in [-0.2, -0.15) is 0 Å². The fraction of sp³-hybridized carbons (Fsp3) is 0.524. The van der Waals surface area contributed by atoms with Crippen LogP contribution in [0.1, 0.15) is 36.0 Å². The number of aliphatic hydroxyl groups is 2. The van der Waals surface area contributed by atoms with Crippen molar-refractivity contribution in [1.29, 1.82) is 0 Å². The molecule has 6 heteroatoms. The van der Waals surface area contributed by atoms with Crippen LogP contribution in [0.5, 0.6) is 0 Å². The van der Waals surface area contributed by atoms with Crippen molar-refractivity contribution in [2.45, 2.75) is 38.3 Å². The molecule has 4 rings (SSSR count). The molecule has 0 radical (unpaired) electrons. The number of ketones is 1. The Bertz CT molecular complexity index is 847. The number of fused-ring (bicyclic) bond motifs is 1. The van der Waals surface area contributed by atoms with Gasteiger partial charge in [0.25, 0.3) is 0 Å². The van der Waals surface area contributed by atoms with Crippen LogP contribution >= 0.6 is 0 Å². The topological polar surface area (TPSA) is 82.8 Å². The molecule has 144 valence electrons. The monoisotopic (exact) mass is 370 g/mol. The first-order chi connectivity index (χ1) is 13.1. The average Bonchev–Trinajstić information content (AvgIpc) is 3.50. The number of hydrogen-bond acceptors (Lipinski definition) is 4. The van der Waals surface area contributed by atoms with Crippen LogP contribution in [0.2, 0.25) is 0 Å². The van der Waals surface area contributed by atoms with Crippen LogP contribution in [0.4, 0.5) is 0 Å². The third kappa shape index (κ3) is 3.64. The van der Waals surface area contributed by atoms with Crippen LogP contribution in [0.3, 0.4) is 0 Å². The number of amides is 1. The van der Waals surface area contributed by atoms with E-state index in [0.717, 1.165) is 29.3 Å². The van der Waals surface area contributed by atoms with Crippen LogP contribution in [0.15, 0.2) is 30.5 Å². The maximum atomic E-state index is 12.8. The summed E-state index contributed by atoms with van der Waals surface area (Å²) in [5, 5.41) is 19.8. The number of nitrogens with zero attached hydrogens (tertiary/aromatic N) is 2. The van der Waals surface area contributed by atoms with Gasteiger partial charge in [-0.3, -0.25) is 9.59 Å². The molecular weight excluding hydrogens is 344 g/mol. The second-order valence-corrected chi connectivity index (χ2v) is 7.79. The van der Waals surface area contributed by atoms with E-state index in [2.05, 4.69) is 0 Å². The minimum Gasteiger partial charge on any atom is -0.394 e. The van der Waals surface area contributed by atoms with Gasteiger partial charge in [0.15, 0.2) is 5.78 Å². The predicted octanol–water partition coefficient (Wildman–Crippen LogP) is 1.83. The Morgan fingerprint density at radius 2 is 1.81 bits per heavy atom. The Balaban J connectivity index is 1.49. The van der Waals surface area contributed by atoms with Crippen molar-refractivity contribution in [3.8, 4) is 0 Å². The van der Waals surface area contributed by atoms with Crippen molar-refractivity contribution in [2.75, 3.05) is 19.7 Å². The quantitative estimate of drug-likeness (QED) is 0.760. The van der Waals surface area contributed by atoms with Gasteiger partial charge >= 0.3 is 0 Å². The van der Waals surface area contributed by atoms with Gasteiger partial charge in [0.1, 0.15) is 6.54 Å². The molecule has 1 aromatic carbocycles. The maximum absolute atomic E-state index is 12.8. The Morgan fingerprint density at radius 3 is 2.48 bits per heavy atom. The van der Waals surface area contributed by atoms with Gasteiger partial charge in [0, 0.05) is 41.7 Å². The van der Waals surface area contributed by atoms with E-state index in [1.807, 2.05) is 39.9 Å². The number of likely N-dealkylation sites (tertiary alicyclic amines) is 1. The highest BCUT2D eigenvalue weighted by atomic mass is 16.3. The summed E-state index contributed by atoms with van der Waals surface area (Å²) in [5.41, 5.74) is 1.64. The molecule has 2 N–H and O–H groups in total. The Morgan fingerprint density at radius 1 is 1.11 bits per heavy atom. The van der Waals surface area contributed by atoms with E-state index < -0.39 is 6.10 Å². The van der Waals surface area contributed by atoms with Crippen molar-refractivity contribution in [1.82, 2.24) is 9.47 Å². The summed E-state index contributed by atoms with van der Waals surface area (Å²) < 4.78 is 1.89. The van der Waals surface area contributed by atoms with E-state index in [4.69, 9.17) is 5.11 Å². The van der Waals surface area contributed by atoms with Gasteiger partial charge in [0.05, 0.1) is 12.7 Å². The standard InChI is InChI=1S/C21H26N2O4/c24-13-19(25)14-7-9-22(10-8-14)20(26)12-23-11-17(21(27)15-5-6-15)16-3-1-2-4-18(16)23/h1-4,11,14-15,19,24-25H,5-10,12-13H2. The first-order valence-corrected chi connectivity index (χ1v) is 9.77. The summed E-state index contributed by atoms with van der Waals surface area (Å²) >= 11 is 0. The third-order valence-corrected chi connectivity index (χ3v) is 5.93. The molecule has 1 aliphatic heterocycles. The van der Waals surface area contributed by atoms with Crippen LogP contribution in [0.25, 0.3) is 10.9 Å². The molecule has 1 unspecified atom stereocenters. The molecule has 0 spiro atoms. The molecule has 6 nitrogen and oxygen atoms in total. The number of piperidine rings is 1. The molecule has 1 atom stereocenters. The first kappa shape index (κ1) is 18.2. The third-order valence-electron chi connectivity index (χ3n) is 5.93. The number of aromatic nitrogens is 1. The summed E-state index contributed by atoms with van der Waals surface area (Å²) in [5.74, 6) is 0.417. The molecule has 1 amide bonds. The zero-order valence-electron chi connectivity index (χ0n) is 15.4. The van der Waals surface area contributed by atoms with Gasteiger partial charge in [-0.15, -0.1) is 0 Å². The molecule has 1 aromatic heterocycles. The second-order valence-electron chi connectivity index (χ2n) is 7.79. The first-order valence-electron chi connectivity index (χ1n) is 9.77. The zero-order chi connectivity index (χ0) is 19.0. The SMILES string of the molecule is O=C(c1cn(CC(=O)N2CCC(C(O)CO)CC2)c2ccccc12)C1CC1. The van der Waals surface area contributed by atoms with Crippen LogP contribution in [-0.4, -0.2) is 57.2 Å². The molecule has 1 aliphatic carbocycles. The summed E-state index contributed by atoms with van der Waals surface area (Å²) in [6.07, 6.45) is 4.46. The lowest BCUT2D eigenvalue weighted by molar-refractivity contribution is -0.133. The molecular formula is C21H26N2O4. The van der Waals surface area contributed by atoms with Crippen LogP contribution in [-0.2, 0) is 11.3 Å². The molecule has 1 saturated carbocycles.